The maximum atomic E-state index is 14.4. The first-order chi connectivity index (χ1) is 21.0. The second kappa shape index (κ2) is 19.2. The van der Waals surface area contributed by atoms with E-state index in [4.69, 9.17) is 9.47 Å². The average molecular weight is 628 g/mol. The number of benzene rings is 2. The Hall–Kier alpha value is -3.20. The molecule has 244 valence electrons. The zero-order valence-electron chi connectivity index (χ0n) is 27.7. The van der Waals surface area contributed by atoms with Crippen LogP contribution in [0.2, 0.25) is 0 Å². The van der Waals surface area contributed by atoms with Crippen LogP contribution in [0.5, 0.6) is 5.75 Å². The van der Waals surface area contributed by atoms with Crippen LogP contribution in [0.1, 0.15) is 96.7 Å². The van der Waals surface area contributed by atoms with Crippen LogP contribution in [0.15, 0.2) is 48.5 Å². The Bertz CT molecular complexity index is 1150. The van der Waals surface area contributed by atoms with Crippen LogP contribution in [0.25, 0.3) is 0 Å². The van der Waals surface area contributed by atoms with Gasteiger partial charge in [0.15, 0.2) is 0 Å². The van der Waals surface area contributed by atoms with Gasteiger partial charge >= 0.3 is 6.09 Å². The molecule has 9 heteroatoms. The molecule has 0 saturated carbocycles. The Labute approximate surface area is 269 Å². The fourth-order valence-corrected chi connectivity index (χ4v) is 5.34. The van der Waals surface area contributed by atoms with Crippen LogP contribution in [0.4, 0.5) is 10.5 Å². The first kappa shape index (κ1) is 37.0. The summed E-state index contributed by atoms with van der Waals surface area (Å²) in [5, 5.41) is 5.85. The Morgan fingerprint density at radius 3 is 2.11 bits per heavy atom. The minimum absolute atomic E-state index is 0.298. The highest BCUT2D eigenvalue weighted by Gasteiger charge is 2.36. The molecule has 0 spiro atoms. The number of carbonyl (C=O) groups excluding carboxylic acids is 3. The van der Waals surface area contributed by atoms with Crippen LogP contribution in [-0.2, 0) is 20.7 Å². The second-order valence-corrected chi connectivity index (χ2v) is 13.0. The predicted octanol–water partition coefficient (Wildman–Crippen LogP) is 7.77. The molecular formula is C35H53N3O5S. The standard InChI is InChI=1S/C35H53N3O5S/c1-8-10-11-12-13-14-24-38(33(40)30(23-25-44-7)37-34(41)43-35(3,4)5)31(27-17-15-26(9-2)16-18-27)32(39)36-28-19-21-29(42-6)22-20-28/h15-22,30-31H,8-14,23-25H2,1-7H3,(H,36,39)(H,37,41). The van der Waals surface area contributed by atoms with Crippen molar-refractivity contribution in [2.75, 3.05) is 31.0 Å². The summed E-state index contributed by atoms with van der Waals surface area (Å²) < 4.78 is 10.8. The summed E-state index contributed by atoms with van der Waals surface area (Å²) in [6.07, 6.45) is 8.81. The van der Waals surface area contributed by atoms with Gasteiger partial charge in [-0.15, -0.1) is 0 Å². The molecule has 2 N–H and O–H groups in total. The summed E-state index contributed by atoms with van der Waals surface area (Å²) in [6.45, 7) is 10.0. The van der Waals surface area contributed by atoms with Crippen LogP contribution in [0.3, 0.4) is 0 Å². The Morgan fingerprint density at radius 2 is 1.55 bits per heavy atom. The summed E-state index contributed by atoms with van der Waals surface area (Å²) in [4.78, 5) is 43.1. The molecule has 0 aromatic heterocycles. The highest BCUT2D eigenvalue weighted by molar-refractivity contribution is 7.98. The quantitative estimate of drug-likeness (QED) is 0.164. The molecule has 2 aromatic rings. The number of unbranched alkanes of at least 4 members (excludes halogenated alkanes) is 5. The molecular weight excluding hydrogens is 574 g/mol. The van der Waals surface area contributed by atoms with Crippen molar-refractivity contribution in [2.24, 2.45) is 0 Å². The van der Waals surface area contributed by atoms with Crippen molar-refractivity contribution in [1.29, 1.82) is 0 Å². The highest BCUT2D eigenvalue weighted by atomic mass is 32.2. The minimum Gasteiger partial charge on any atom is -0.497 e. The van der Waals surface area contributed by atoms with Crippen LogP contribution in [0, 0.1) is 0 Å². The van der Waals surface area contributed by atoms with E-state index in [-0.39, 0.29) is 11.8 Å². The smallest absolute Gasteiger partial charge is 0.408 e. The van der Waals surface area contributed by atoms with E-state index in [0.717, 1.165) is 44.1 Å². The summed E-state index contributed by atoms with van der Waals surface area (Å²) in [5.74, 6) is 0.720. The van der Waals surface area contributed by atoms with Gasteiger partial charge < -0.3 is 25.0 Å². The van der Waals surface area contributed by atoms with Crippen molar-refractivity contribution in [3.8, 4) is 5.75 Å². The molecule has 2 rings (SSSR count). The molecule has 2 unspecified atom stereocenters. The van der Waals surface area contributed by atoms with Gasteiger partial charge in [-0.1, -0.05) is 70.2 Å². The normalized spacial score (nSPS) is 12.6. The third-order valence-electron chi connectivity index (χ3n) is 7.26. The maximum absolute atomic E-state index is 14.4. The van der Waals surface area contributed by atoms with Gasteiger partial charge in [-0.25, -0.2) is 4.79 Å². The lowest BCUT2D eigenvalue weighted by atomic mass is 9.99. The van der Waals surface area contributed by atoms with E-state index in [9.17, 15) is 14.4 Å². The largest absolute Gasteiger partial charge is 0.497 e. The van der Waals surface area contributed by atoms with Gasteiger partial charge in [0.1, 0.15) is 23.4 Å². The second-order valence-electron chi connectivity index (χ2n) is 12.0. The number of nitrogens with zero attached hydrogens (tertiary/aromatic N) is 1. The lowest BCUT2D eigenvalue weighted by Crippen LogP contribution is -2.52. The van der Waals surface area contributed by atoms with E-state index in [1.807, 2.05) is 30.5 Å². The molecule has 2 aromatic carbocycles. The van der Waals surface area contributed by atoms with Crippen LogP contribution in [-0.4, -0.2) is 60.1 Å². The van der Waals surface area contributed by atoms with E-state index in [1.54, 1.807) is 68.8 Å². The van der Waals surface area contributed by atoms with Crippen LogP contribution < -0.4 is 15.4 Å². The van der Waals surface area contributed by atoms with Gasteiger partial charge in [0, 0.05) is 12.2 Å². The van der Waals surface area contributed by atoms with Gasteiger partial charge in [-0.05, 0) is 87.4 Å². The number of nitrogens with one attached hydrogen (secondary N) is 2. The van der Waals surface area contributed by atoms with Gasteiger partial charge in [0.05, 0.1) is 7.11 Å². The summed E-state index contributed by atoms with van der Waals surface area (Å²) in [6, 6.07) is 13.2. The lowest BCUT2D eigenvalue weighted by molar-refractivity contribution is -0.141. The van der Waals surface area contributed by atoms with Crippen molar-refractivity contribution in [3.05, 3.63) is 59.7 Å². The number of ether oxygens (including phenoxy) is 2. The van der Waals surface area contributed by atoms with Gasteiger partial charge in [-0.2, -0.15) is 11.8 Å². The fourth-order valence-electron chi connectivity index (χ4n) is 4.87. The number of amides is 3. The van der Waals surface area contributed by atoms with Gasteiger partial charge in [0.25, 0.3) is 5.91 Å². The molecule has 0 fully saturated rings. The molecule has 0 bridgehead atoms. The van der Waals surface area contributed by atoms with E-state index in [1.165, 1.54) is 6.42 Å². The predicted molar refractivity (Wildman–Crippen MR) is 181 cm³/mol. The van der Waals surface area contributed by atoms with Crippen molar-refractivity contribution >= 4 is 35.4 Å². The van der Waals surface area contributed by atoms with Crippen LogP contribution >= 0.6 is 11.8 Å². The minimum atomic E-state index is -0.900. The third-order valence-corrected chi connectivity index (χ3v) is 7.90. The molecule has 0 radical (unpaired) electrons. The summed E-state index contributed by atoms with van der Waals surface area (Å²) in [7, 11) is 1.59. The molecule has 44 heavy (non-hydrogen) atoms. The maximum Gasteiger partial charge on any atom is 0.408 e. The first-order valence-electron chi connectivity index (χ1n) is 15.9. The molecule has 0 aliphatic rings. The fraction of sp³-hybridized carbons (Fsp3) is 0.571. The number of hydrogen-bond donors (Lipinski definition) is 2. The SMILES string of the molecule is CCCCCCCCN(C(=O)C(CCSC)NC(=O)OC(C)(C)C)C(C(=O)Nc1ccc(OC)cc1)c1ccc(CC)cc1. The number of aryl methyl sites for hydroxylation is 1. The van der Waals surface area contributed by atoms with E-state index in [2.05, 4.69) is 24.5 Å². The molecule has 8 nitrogen and oxygen atoms in total. The Balaban J connectivity index is 2.50. The molecule has 0 aliphatic carbocycles. The van der Waals surface area contributed by atoms with E-state index >= 15 is 0 Å². The van der Waals surface area contributed by atoms with Crippen molar-refractivity contribution in [2.45, 2.75) is 104 Å². The molecule has 0 aliphatic heterocycles. The zero-order chi connectivity index (χ0) is 32.5. The Kier molecular flexibility index (Phi) is 16.2. The highest BCUT2D eigenvalue weighted by Crippen LogP contribution is 2.27. The number of rotatable bonds is 18. The molecule has 3 amide bonds. The van der Waals surface area contributed by atoms with E-state index in [0.29, 0.717) is 35.7 Å². The van der Waals surface area contributed by atoms with Crippen molar-refractivity contribution in [3.63, 3.8) is 0 Å². The zero-order valence-corrected chi connectivity index (χ0v) is 28.6. The Morgan fingerprint density at radius 1 is 0.909 bits per heavy atom. The lowest BCUT2D eigenvalue weighted by Gasteiger charge is -2.34. The van der Waals surface area contributed by atoms with Gasteiger partial charge in [0.2, 0.25) is 5.91 Å². The van der Waals surface area contributed by atoms with E-state index < -0.39 is 23.8 Å². The topological polar surface area (TPSA) is 97.0 Å². The number of carbonyl (C=O) groups is 3. The number of thioether (sulfide) groups is 1. The number of hydrogen-bond acceptors (Lipinski definition) is 6. The molecule has 2 atom stereocenters. The number of methoxy groups -OCH3 is 1. The number of alkyl carbamates (subject to hydrolysis) is 1. The average Bonchev–Trinajstić information content (AvgIpc) is 2.99. The monoisotopic (exact) mass is 627 g/mol. The van der Waals surface area contributed by atoms with Crippen molar-refractivity contribution < 1.29 is 23.9 Å². The molecule has 0 heterocycles. The van der Waals surface area contributed by atoms with Gasteiger partial charge in [-0.3, -0.25) is 9.59 Å². The van der Waals surface area contributed by atoms with Crippen molar-refractivity contribution in [1.82, 2.24) is 10.2 Å². The first-order valence-corrected chi connectivity index (χ1v) is 17.2. The summed E-state index contributed by atoms with van der Waals surface area (Å²) in [5.41, 5.74) is 1.75. The third kappa shape index (κ3) is 12.8. The molecule has 0 saturated heterocycles. The summed E-state index contributed by atoms with van der Waals surface area (Å²) >= 11 is 1.60. The number of anilines is 1.